The summed E-state index contributed by atoms with van der Waals surface area (Å²) in [5.41, 5.74) is 14.9. The second-order valence-electron chi connectivity index (χ2n) is 5.37. The highest BCUT2D eigenvalue weighted by molar-refractivity contribution is 5.99. The molecule has 0 atom stereocenters. The number of carbonyl (C=O) groups excluding carboxylic acids is 1. The minimum atomic E-state index is -0.491. The molecule has 7 heteroatoms. The molecule has 25 heavy (non-hydrogen) atoms. The van der Waals surface area contributed by atoms with Gasteiger partial charge in [-0.25, -0.2) is 14.8 Å². The summed E-state index contributed by atoms with van der Waals surface area (Å²) in [6.07, 6.45) is 1.67. The molecule has 2 aromatic heterocycles. The van der Waals surface area contributed by atoms with E-state index in [1.54, 1.807) is 25.3 Å². The molecule has 2 heterocycles. The molecule has 1 aromatic carbocycles. The van der Waals surface area contributed by atoms with Crippen LogP contribution >= 0.6 is 0 Å². The van der Waals surface area contributed by atoms with E-state index in [0.29, 0.717) is 17.1 Å². The number of hydrogen-bond acceptors (Lipinski definition) is 7. The van der Waals surface area contributed by atoms with Crippen LogP contribution in [0.5, 0.6) is 5.88 Å². The Morgan fingerprint density at radius 2 is 1.96 bits per heavy atom. The molecule has 0 fully saturated rings. The van der Waals surface area contributed by atoms with Gasteiger partial charge in [-0.05, 0) is 36.8 Å². The van der Waals surface area contributed by atoms with Crippen molar-refractivity contribution in [3.63, 3.8) is 0 Å². The maximum Gasteiger partial charge on any atom is 0.341 e. The molecule has 7 nitrogen and oxygen atoms in total. The maximum absolute atomic E-state index is 12.0. The van der Waals surface area contributed by atoms with Crippen molar-refractivity contribution in [1.82, 2.24) is 9.97 Å². The van der Waals surface area contributed by atoms with Gasteiger partial charge in [-0.3, -0.25) is 0 Å². The summed E-state index contributed by atoms with van der Waals surface area (Å²) in [4.78, 5) is 20.5. The van der Waals surface area contributed by atoms with Crippen LogP contribution in [-0.4, -0.2) is 29.7 Å². The number of fused-ring (bicyclic) bond motifs is 1. The molecule has 0 saturated carbocycles. The van der Waals surface area contributed by atoms with Crippen LogP contribution in [0.1, 0.15) is 17.3 Å². The molecule has 0 aliphatic carbocycles. The first-order valence-electron chi connectivity index (χ1n) is 7.70. The first-order chi connectivity index (χ1) is 12.0. The van der Waals surface area contributed by atoms with E-state index in [1.807, 2.05) is 18.2 Å². The fourth-order valence-corrected chi connectivity index (χ4v) is 2.54. The van der Waals surface area contributed by atoms with Crippen molar-refractivity contribution < 1.29 is 14.3 Å². The van der Waals surface area contributed by atoms with Crippen molar-refractivity contribution in [2.75, 3.05) is 25.2 Å². The van der Waals surface area contributed by atoms with Crippen LogP contribution in [0.15, 0.2) is 36.5 Å². The van der Waals surface area contributed by atoms with E-state index in [2.05, 4.69) is 9.97 Å². The van der Waals surface area contributed by atoms with Gasteiger partial charge in [-0.2, -0.15) is 0 Å². The quantitative estimate of drug-likeness (QED) is 0.703. The number of benzene rings is 1. The van der Waals surface area contributed by atoms with Gasteiger partial charge in [-0.15, -0.1) is 0 Å². The number of aromatic nitrogens is 2. The Balaban J connectivity index is 2.08. The number of methoxy groups -OCH3 is 1. The van der Waals surface area contributed by atoms with Crippen LogP contribution in [-0.2, 0) is 4.74 Å². The molecular weight excluding hydrogens is 320 g/mol. The van der Waals surface area contributed by atoms with Crippen molar-refractivity contribution in [2.24, 2.45) is 0 Å². The molecule has 0 spiro atoms. The summed E-state index contributed by atoms with van der Waals surface area (Å²) < 4.78 is 10.1. The fourth-order valence-electron chi connectivity index (χ4n) is 2.54. The number of esters is 1. The van der Waals surface area contributed by atoms with E-state index in [9.17, 15) is 4.79 Å². The molecule has 0 aliphatic rings. The molecule has 0 unspecified atom stereocenters. The van der Waals surface area contributed by atoms with E-state index in [-0.39, 0.29) is 18.0 Å². The lowest BCUT2D eigenvalue weighted by molar-refractivity contribution is 0.0527. The molecule has 0 saturated heterocycles. The Kier molecular flexibility index (Phi) is 4.38. The van der Waals surface area contributed by atoms with Gasteiger partial charge in [-0.1, -0.05) is 6.07 Å². The first-order valence-corrected chi connectivity index (χ1v) is 7.70. The topological polar surface area (TPSA) is 113 Å². The van der Waals surface area contributed by atoms with Crippen LogP contribution in [0.4, 0.5) is 11.5 Å². The lowest BCUT2D eigenvalue weighted by Gasteiger charge is -2.09. The van der Waals surface area contributed by atoms with Crippen molar-refractivity contribution in [1.29, 1.82) is 0 Å². The number of hydrogen-bond donors (Lipinski definition) is 2. The number of pyridine rings is 2. The molecule has 3 rings (SSSR count). The van der Waals surface area contributed by atoms with Crippen LogP contribution in [0.25, 0.3) is 22.0 Å². The smallest absolute Gasteiger partial charge is 0.341 e. The van der Waals surface area contributed by atoms with Gasteiger partial charge in [0, 0.05) is 17.1 Å². The Labute approximate surface area is 144 Å². The highest BCUT2D eigenvalue weighted by atomic mass is 16.5. The number of ether oxygens (including phenoxy) is 2. The number of rotatable bonds is 4. The average Bonchev–Trinajstić information content (AvgIpc) is 2.60. The maximum atomic E-state index is 12.0. The van der Waals surface area contributed by atoms with E-state index >= 15 is 0 Å². The minimum absolute atomic E-state index is 0.147. The van der Waals surface area contributed by atoms with Crippen LogP contribution in [0.2, 0.25) is 0 Å². The largest absolute Gasteiger partial charge is 0.480 e. The highest BCUT2D eigenvalue weighted by Crippen LogP contribution is 2.29. The van der Waals surface area contributed by atoms with Gasteiger partial charge >= 0.3 is 5.97 Å². The summed E-state index contributed by atoms with van der Waals surface area (Å²) in [6, 6.07) is 9.08. The van der Waals surface area contributed by atoms with Crippen LogP contribution in [0.3, 0.4) is 0 Å². The number of nitrogens with zero attached hydrogens (tertiary/aromatic N) is 2. The highest BCUT2D eigenvalue weighted by Gasteiger charge is 2.14. The Bertz CT molecular complexity index is 956. The van der Waals surface area contributed by atoms with Gasteiger partial charge < -0.3 is 20.9 Å². The lowest BCUT2D eigenvalue weighted by atomic mass is 10.0. The molecular formula is C18H18N4O3. The summed E-state index contributed by atoms with van der Waals surface area (Å²) >= 11 is 0. The third-order valence-corrected chi connectivity index (χ3v) is 3.75. The minimum Gasteiger partial charge on any atom is -0.480 e. The third-order valence-electron chi connectivity index (χ3n) is 3.75. The number of anilines is 2. The van der Waals surface area contributed by atoms with E-state index in [4.69, 9.17) is 20.9 Å². The van der Waals surface area contributed by atoms with Gasteiger partial charge in [0.2, 0.25) is 5.88 Å². The second-order valence-corrected chi connectivity index (χ2v) is 5.37. The predicted molar refractivity (Wildman–Crippen MR) is 96.3 cm³/mol. The average molecular weight is 338 g/mol. The van der Waals surface area contributed by atoms with E-state index in [1.165, 1.54) is 7.11 Å². The Hall–Kier alpha value is -3.35. The van der Waals surface area contributed by atoms with Crippen LogP contribution in [0, 0.1) is 0 Å². The Morgan fingerprint density at radius 1 is 1.16 bits per heavy atom. The van der Waals surface area contributed by atoms with Crippen molar-refractivity contribution in [2.45, 2.75) is 6.92 Å². The molecule has 128 valence electrons. The molecule has 4 N–H and O–H groups in total. The molecule has 3 aromatic rings. The molecule has 0 bridgehead atoms. The molecule has 0 amide bonds. The van der Waals surface area contributed by atoms with Gasteiger partial charge in [0.15, 0.2) is 0 Å². The van der Waals surface area contributed by atoms with E-state index < -0.39 is 5.97 Å². The van der Waals surface area contributed by atoms with Gasteiger partial charge in [0.1, 0.15) is 11.4 Å². The van der Waals surface area contributed by atoms with Crippen molar-refractivity contribution >= 4 is 28.4 Å². The number of nitrogen functional groups attached to an aromatic ring is 2. The molecule has 0 aliphatic heterocycles. The van der Waals surface area contributed by atoms with E-state index in [0.717, 1.165) is 16.5 Å². The zero-order valence-corrected chi connectivity index (χ0v) is 13.9. The van der Waals surface area contributed by atoms with Gasteiger partial charge in [0.05, 0.1) is 24.9 Å². The SMILES string of the molecule is CCOC(=O)c1cc2cc(-c3cnc(OC)c(N)c3)ccc2nc1N. The monoisotopic (exact) mass is 338 g/mol. The standard InChI is InChI=1S/C18H18N4O3/c1-3-25-18(23)13-7-11-6-10(4-5-15(11)22-16(13)20)12-8-14(19)17(24-2)21-9-12/h4-9H,3,19H2,1-2H3,(H2,20,22). The lowest BCUT2D eigenvalue weighted by Crippen LogP contribution is -2.09. The van der Waals surface area contributed by atoms with Crippen LogP contribution < -0.4 is 16.2 Å². The third kappa shape index (κ3) is 3.16. The van der Waals surface area contributed by atoms with Crippen molar-refractivity contribution in [3.05, 3.63) is 42.1 Å². The Morgan fingerprint density at radius 3 is 2.64 bits per heavy atom. The zero-order valence-electron chi connectivity index (χ0n) is 13.9. The van der Waals surface area contributed by atoms with Gasteiger partial charge in [0.25, 0.3) is 0 Å². The van der Waals surface area contributed by atoms with Crippen molar-refractivity contribution in [3.8, 4) is 17.0 Å². The predicted octanol–water partition coefficient (Wildman–Crippen LogP) is 2.65. The normalized spacial score (nSPS) is 10.6. The number of nitrogens with two attached hydrogens (primary N) is 2. The fraction of sp³-hybridized carbons (Fsp3) is 0.167. The second kappa shape index (κ2) is 6.64. The summed E-state index contributed by atoms with van der Waals surface area (Å²) in [5.74, 6) is 0.0350. The molecule has 0 radical (unpaired) electrons. The zero-order chi connectivity index (χ0) is 18.0. The first kappa shape index (κ1) is 16.5. The number of carbonyl (C=O) groups is 1. The summed E-state index contributed by atoms with van der Waals surface area (Å²) in [5, 5.41) is 0.768. The summed E-state index contributed by atoms with van der Waals surface area (Å²) in [6.45, 7) is 2.01. The summed E-state index contributed by atoms with van der Waals surface area (Å²) in [7, 11) is 1.52.